The minimum atomic E-state index is -0.603. The molecule has 1 heterocycles. The first kappa shape index (κ1) is 14.1. The van der Waals surface area contributed by atoms with Crippen LogP contribution in [0.3, 0.4) is 0 Å². The van der Waals surface area contributed by atoms with E-state index in [0.717, 1.165) is 6.42 Å². The van der Waals surface area contributed by atoms with Crippen LogP contribution >= 0.6 is 0 Å². The second-order valence-corrected chi connectivity index (χ2v) is 5.50. The van der Waals surface area contributed by atoms with Crippen molar-refractivity contribution < 1.29 is 19.1 Å². The van der Waals surface area contributed by atoms with E-state index in [-0.39, 0.29) is 24.3 Å². The zero-order valence-electron chi connectivity index (χ0n) is 12.0. The Morgan fingerprint density at radius 2 is 2.05 bits per heavy atom. The van der Waals surface area contributed by atoms with E-state index in [9.17, 15) is 9.59 Å². The summed E-state index contributed by atoms with van der Waals surface area (Å²) < 4.78 is 10.1. The lowest BCUT2D eigenvalue weighted by molar-refractivity contribution is -0.161. The average molecular weight is 289 g/mol. The summed E-state index contributed by atoms with van der Waals surface area (Å²) in [6, 6.07) is 9.44. The second-order valence-electron chi connectivity index (χ2n) is 5.50. The van der Waals surface area contributed by atoms with Crippen molar-refractivity contribution in [3.05, 3.63) is 35.9 Å². The van der Waals surface area contributed by atoms with Crippen molar-refractivity contribution in [1.82, 2.24) is 4.90 Å². The zero-order chi connectivity index (χ0) is 14.8. The van der Waals surface area contributed by atoms with Crippen LogP contribution < -0.4 is 0 Å². The lowest BCUT2D eigenvalue weighted by atomic mass is 10.1. The molecule has 3 unspecified atom stereocenters. The maximum Gasteiger partial charge on any atom is 0.331 e. The fourth-order valence-corrected chi connectivity index (χ4v) is 2.95. The Kier molecular flexibility index (Phi) is 3.92. The molecule has 21 heavy (non-hydrogen) atoms. The highest BCUT2D eigenvalue weighted by molar-refractivity contribution is 5.88. The van der Waals surface area contributed by atoms with Gasteiger partial charge in [0.05, 0.1) is 20.3 Å². The molecule has 3 rings (SSSR count). The highest BCUT2D eigenvalue weighted by Crippen LogP contribution is 2.48. The molecule has 0 bridgehead atoms. The third-order valence-corrected chi connectivity index (χ3v) is 4.22. The van der Waals surface area contributed by atoms with Crippen LogP contribution in [0.4, 0.5) is 0 Å². The number of hydrogen-bond acceptors (Lipinski definition) is 4. The normalized spacial score (nSPS) is 28.0. The van der Waals surface area contributed by atoms with Crippen LogP contribution in [0.15, 0.2) is 30.3 Å². The van der Waals surface area contributed by atoms with Gasteiger partial charge in [-0.3, -0.25) is 4.79 Å². The molecular weight excluding hydrogens is 270 g/mol. The Bertz CT molecular complexity index is 530. The zero-order valence-corrected chi connectivity index (χ0v) is 12.0. The van der Waals surface area contributed by atoms with Gasteiger partial charge in [-0.1, -0.05) is 30.3 Å². The molecule has 5 nitrogen and oxygen atoms in total. The smallest absolute Gasteiger partial charge is 0.331 e. The first-order chi connectivity index (χ1) is 10.2. The molecule has 112 valence electrons. The van der Waals surface area contributed by atoms with Gasteiger partial charge in [0, 0.05) is 12.5 Å². The largest absolute Gasteiger partial charge is 0.467 e. The van der Waals surface area contributed by atoms with Crippen LogP contribution in [0, 0.1) is 5.92 Å². The average Bonchev–Trinajstić information content (AvgIpc) is 3.35. The minimum absolute atomic E-state index is 0.0161. The first-order valence-electron chi connectivity index (χ1n) is 7.23. The summed E-state index contributed by atoms with van der Waals surface area (Å²) in [5, 5.41) is 0. The van der Waals surface area contributed by atoms with E-state index in [1.165, 1.54) is 12.7 Å². The molecule has 2 fully saturated rings. The number of ether oxygens (including phenoxy) is 2. The van der Waals surface area contributed by atoms with Gasteiger partial charge in [0.15, 0.2) is 6.04 Å². The van der Waals surface area contributed by atoms with Crippen molar-refractivity contribution in [2.45, 2.75) is 18.4 Å². The number of hydrogen-bond donors (Lipinski definition) is 0. The van der Waals surface area contributed by atoms with E-state index in [0.29, 0.717) is 13.2 Å². The number of benzene rings is 1. The number of nitrogens with zero attached hydrogens (tertiary/aromatic N) is 1. The van der Waals surface area contributed by atoms with Gasteiger partial charge < -0.3 is 14.4 Å². The fraction of sp³-hybridized carbons (Fsp3) is 0.500. The van der Waals surface area contributed by atoms with Crippen LogP contribution in [-0.2, 0) is 19.1 Å². The lowest BCUT2D eigenvalue weighted by Crippen LogP contribution is -2.53. The van der Waals surface area contributed by atoms with Crippen LogP contribution in [0.2, 0.25) is 0 Å². The van der Waals surface area contributed by atoms with Crippen molar-refractivity contribution in [1.29, 1.82) is 0 Å². The topological polar surface area (TPSA) is 55.8 Å². The van der Waals surface area contributed by atoms with Crippen molar-refractivity contribution >= 4 is 11.9 Å². The van der Waals surface area contributed by atoms with Crippen molar-refractivity contribution in [3.8, 4) is 0 Å². The molecule has 0 N–H and O–H groups in total. The molecule has 5 heteroatoms. The Balaban J connectivity index is 1.69. The van der Waals surface area contributed by atoms with Gasteiger partial charge in [-0.25, -0.2) is 4.79 Å². The summed E-state index contributed by atoms with van der Waals surface area (Å²) in [7, 11) is 1.34. The van der Waals surface area contributed by atoms with E-state index in [4.69, 9.17) is 9.47 Å². The third-order valence-electron chi connectivity index (χ3n) is 4.22. The number of carbonyl (C=O) groups excluding carboxylic acids is 2. The lowest BCUT2D eigenvalue weighted by Gasteiger charge is -2.33. The predicted octanol–water partition coefficient (Wildman–Crippen LogP) is 1.19. The summed E-state index contributed by atoms with van der Waals surface area (Å²) in [5.74, 6) is -0.0972. The second kappa shape index (κ2) is 5.85. The molecule has 0 aromatic heterocycles. The summed E-state index contributed by atoms with van der Waals surface area (Å²) in [6.45, 7) is 1.15. The number of methoxy groups -OCH3 is 1. The highest BCUT2D eigenvalue weighted by atomic mass is 16.5. The van der Waals surface area contributed by atoms with Crippen LogP contribution in [0.5, 0.6) is 0 Å². The van der Waals surface area contributed by atoms with E-state index >= 15 is 0 Å². The number of carbonyl (C=O) groups is 2. The van der Waals surface area contributed by atoms with Gasteiger partial charge in [0.1, 0.15) is 0 Å². The van der Waals surface area contributed by atoms with Gasteiger partial charge in [-0.05, 0) is 17.9 Å². The molecular formula is C16H19NO4. The molecule has 1 aromatic rings. The molecule has 3 atom stereocenters. The third kappa shape index (κ3) is 2.78. The van der Waals surface area contributed by atoms with Gasteiger partial charge in [-0.15, -0.1) is 0 Å². The Morgan fingerprint density at radius 3 is 2.76 bits per heavy atom. The molecule has 1 saturated carbocycles. The highest BCUT2D eigenvalue weighted by Gasteiger charge is 2.48. The maximum absolute atomic E-state index is 12.6. The van der Waals surface area contributed by atoms with Gasteiger partial charge >= 0.3 is 5.97 Å². The number of rotatable bonds is 3. The number of amides is 1. The molecule has 1 aromatic carbocycles. The Labute approximate surface area is 123 Å². The van der Waals surface area contributed by atoms with Crippen molar-refractivity contribution in [2.24, 2.45) is 5.92 Å². The van der Waals surface area contributed by atoms with E-state index in [2.05, 4.69) is 12.1 Å². The van der Waals surface area contributed by atoms with Gasteiger partial charge in [0.2, 0.25) is 5.91 Å². The molecule has 1 aliphatic carbocycles. The molecule has 1 aliphatic heterocycles. The van der Waals surface area contributed by atoms with Crippen molar-refractivity contribution in [3.63, 3.8) is 0 Å². The van der Waals surface area contributed by atoms with E-state index in [1.54, 1.807) is 4.90 Å². The van der Waals surface area contributed by atoms with E-state index < -0.39 is 12.0 Å². The number of esters is 1. The fourth-order valence-electron chi connectivity index (χ4n) is 2.95. The predicted molar refractivity (Wildman–Crippen MR) is 75.6 cm³/mol. The standard InChI is InChI=1S/C16H19NO4/c1-20-16(19)14-10-21-8-7-17(14)15(18)13-9-12(13)11-5-3-2-4-6-11/h2-6,12-14H,7-10H2,1H3. The Hall–Kier alpha value is -1.88. The van der Waals surface area contributed by atoms with Gasteiger partial charge in [-0.2, -0.15) is 0 Å². The van der Waals surface area contributed by atoms with Crippen molar-refractivity contribution in [2.75, 3.05) is 26.9 Å². The SMILES string of the molecule is COC(=O)C1COCCN1C(=O)C1CC1c1ccccc1. The minimum Gasteiger partial charge on any atom is -0.467 e. The van der Waals surface area contributed by atoms with Crippen LogP contribution in [0.1, 0.15) is 17.9 Å². The molecule has 1 saturated heterocycles. The molecule has 0 radical (unpaired) electrons. The van der Waals surface area contributed by atoms with Crippen LogP contribution in [0.25, 0.3) is 0 Å². The van der Waals surface area contributed by atoms with E-state index in [1.807, 2.05) is 18.2 Å². The molecule has 2 aliphatic rings. The maximum atomic E-state index is 12.6. The summed E-state index contributed by atoms with van der Waals surface area (Å²) in [6.07, 6.45) is 0.855. The summed E-state index contributed by atoms with van der Waals surface area (Å²) in [5.41, 5.74) is 1.19. The molecule has 0 spiro atoms. The first-order valence-corrected chi connectivity index (χ1v) is 7.23. The summed E-state index contributed by atoms with van der Waals surface area (Å²) >= 11 is 0. The molecule has 1 amide bonds. The number of morpholine rings is 1. The quantitative estimate of drug-likeness (QED) is 0.784. The van der Waals surface area contributed by atoms with Gasteiger partial charge in [0.25, 0.3) is 0 Å². The monoisotopic (exact) mass is 289 g/mol. The van der Waals surface area contributed by atoms with Crippen LogP contribution in [-0.4, -0.2) is 49.7 Å². The Morgan fingerprint density at radius 1 is 1.29 bits per heavy atom. The summed E-state index contributed by atoms with van der Waals surface area (Å²) in [4.78, 5) is 26.0.